The zero-order chi connectivity index (χ0) is 21.4. The Morgan fingerprint density at radius 2 is 1.82 bits per heavy atom. The summed E-state index contributed by atoms with van der Waals surface area (Å²) >= 11 is 0. The van der Waals surface area contributed by atoms with Crippen molar-refractivity contribution in [1.29, 1.82) is 0 Å². The average Bonchev–Trinajstić information content (AvgIpc) is 2.97. The number of benzene rings is 1. The minimum Gasteiger partial charge on any atom is -0.345 e. The van der Waals surface area contributed by atoms with Gasteiger partial charge in [-0.1, -0.05) is 0 Å². The molecule has 0 saturated carbocycles. The molecule has 1 amide bonds. The molecule has 1 aromatic carbocycles. The molecule has 0 fully saturated rings. The number of nitrogens with one attached hydrogen (secondary N) is 2. The Hall–Kier alpha value is -2.47. The van der Waals surface area contributed by atoms with Gasteiger partial charge < -0.3 is 9.88 Å². The van der Waals surface area contributed by atoms with Gasteiger partial charge in [0.05, 0.1) is 5.69 Å². The Morgan fingerprint density at radius 1 is 1.21 bits per heavy atom. The zero-order valence-corrected chi connectivity index (χ0v) is 15.7. The molecule has 0 radical (unpaired) electrons. The number of halogens is 5. The molecule has 6 nitrogen and oxygen atoms in total. The number of nitrogens with zero attached hydrogens (tertiary/aromatic N) is 1. The van der Waals surface area contributed by atoms with Crippen molar-refractivity contribution in [3.05, 3.63) is 47.3 Å². The van der Waals surface area contributed by atoms with E-state index in [0.717, 1.165) is 29.0 Å². The molecule has 1 heterocycles. The first-order valence-electron chi connectivity index (χ1n) is 7.75. The van der Waals surface area contributed by atoms with Crippen LogP contribution in [-0.4, -0.2) is 31.1 Å². The van der Waals surface area contributed by atoms with Crippen LogP contribution in [0.2, 0.25) is 0 Å². The largest absolute Gasteiger partial charge is 0.404 e. The number of rotatable bonds is 5. The predicted molar refractivity (Wildman–Crippen MR) is 90.3 cm³/mol. The number of carbonyl (C=O) groups excluding carboxylic acids is 1. The summed E-state index contributed by atoms with van der Waals surface area (Å²) in [6, 6.07) is 0.432. The molecule has 0 saturated heterocycles. The van der Waals surface area contributed by atoms with Gasteiger partial charge in [0.15, 0.2) is 5.82 Å². The second-order valence-corrected chi connectivity index (χ2v) is 7.76. The zero-order valence-electron chi connectivity index (χ0n) is 14.9. The van der Waals surface area contributed by atoms with Crippen molar-refractivity contribution in [1.82, 2.24) is 9.29 Å². The van der Waals surface area contributed by atoms with Crippen LogP contribution in [0, 0.1) is 18.6 Å². The van der Waals surface area contributed by atoms with Crippen molar-refractivity contribution in [2.24, 2.45) is 7.05 Å². The Balaban J connectivity index is 2.29. The number of aromatic nitrogens is 1. The molecule has 0 spiro atoms. The van der Waals surface area contributed by atoms with Crippen molar-refractivity contribution in [3.8, 4) is 0 Å². The van der Waals surface area contributed by atoms with E-state index in [0.29, 0.717) is 6.92 Å². The van der Waals surface area contributed by atoms with Gasteiger partial charge in [0, 0.05) is 18.8 Å². The SMILES string of the molecule is Cc1c(F)ccc(NC(=O)c2cc(S(=O)(=O)N[C@H](C)C(F)(F)F)cn2C)c1F. The van der Waals surface area contributed by atoms with Gasteiger partial charge in [0.1, 0.15) is 22.4 Å². The molecular formula is C16H16F5N3O3S. The van der Waals surface area contributed by atoms with E-state index < -0.39 is 44.7 Å². The molecule has 154 valence electrons. The van der Waals surface area contributed by atoms with Gasteiger partial charge in [-0.2, -0.15) is 17.9 Å². The van der Waals surface area contributed by atoms with Gasteiger partial charge in [0.2, 0.25) is 10.0 Å². The summed E-state index contributed by atoms with van der Waals surface area (Å²) in [5.74, 6) is -2.75. The molecule has 0 bridgehead atoms. The Bertz CT molecular complexity index is 1020. The molecule has 12 heteroatoms. The van der Waals surface area contributed by atoms with Crippen molar-refractivity contribution in [2.45, 2.75) is 31.0 Å². The predicted octanol–water partition coefficient (Wildman–Crippen LogP) is 3.09. The lowest BCUT2D eigenvalue weighted by molar-refractivity contribution is -0.147. The molecule has 28 heavy (non-hydrogen) atoms. The monoisotopic (exact) mass is 425 g/mol. The van der Waals surface area contributed by atoms with E-state index in [1.807, 2.05) is 0 Å². The topological polar surface area (TPSA) is 80.2 Å². The molecular weight excluding hydrogens is 409 g/mol. The summed E-state index contributed by atoms with van der Waals surface area (Å²) in [5, 5.41) is 2.17. The van der Waals surface area contributed by atoms with Crippen LogP contribution < -0.4 is 10.0 Å². The van der Waals surface area contributed by atoms with E-state index in [9.17, 15) is 35.2 Å². The Kier molecular flexibility index (Phi) is 5.85. The lowest BCUT2D eigenvalue weighted by Gasteiger charge is -2.16. The van der Waals surface area contributed by atoms with E-state index in [1.54, 1.807) is 0 Å². The van der Waals surface area contributed by atoms with E-state index in [-0.39, 0.29) is 16.9 Å². The van der Waals surface area contributed by atoms with Gasteiger partial charge in [-0.3, -0.25) is 4.79 Å². The van der Waals surface area contributed by atoms with Crippen LogP contribution in [0.5, 0.6) is 0 Å². The molecule has 2 N–H and O–H groups in total. The van der Waals surface area contributed by atoms with Crippen LogP contribution in [0.25, 0.3) is 0 Å². The second-order valence-electron chi connectivity index (χ2n) is 6.04. The first-order chi connectivity index (χ1) is 12.7. The number of alkyl halides is 3. The molecule has 2 rings (SSSR count). The fourth-order valence-electron chi connectivity index (χ4n) is 2.22. The molecule has 0 unspecified atom stereocenters. The van der Waals surface area contributed by atoms with Crippen LogP contribution >= 0.6 is 0 Å². The molecule has 0 aliphatic heterocycles. The maximum absolute atomic E-state index is 14.0. The molecule has 2 aromatic rings. The standard InChI is InChI=1S/C16H16F5N3O3S/c1-8-11(17)4-5-12(14(8)18)22-15(25)13-6-10(7-24(13)3)28(26,27)23-9(2)16(19,20)21/h4-7,9,23H,1-3H3,(H,22,25)/t9-/m1/s1. The van der Waals surface area contributed by atoms with E-state index in [2.05, 4.69) is 5.32 Å². The number of carbonyl (C=O) groups is 1. The van der Waals surface area contributed by atoms with Gasteiger partial charge >= 0.3 is 6.18 Å². The van der Waals surface area contributed by atoms with Gasteiger partial charge in [-0.05, 0) is 32.0 Å². The van der Waals surface area contributed by atoms with Crippen LogP contribution in [0.4, 0.5) is 27.6 Å². The third-order valence-corrected chi connectivity index (χ3v) is 5.42. The number of hydrogen-bond donors (Lipinski definition) is 2. The Morgan fingerprint density at radius 3 is 2.39 bits per heavy atom. The van der Waals surface area contributed by atoms with Crippen molar-refractivity contribution in [2.75, 3.05) is 5.32 Å². The summed E-state index contributed by atoms with van der Waals surface area (Å²) < 4.78 is 91.8. The quantitative estimate of drug-likeness (QED) is 0.723. The summed E-state index contributed by atoms with van der Waals surface area (Å²) in [5.41, 5.74) is -0.918. The highest BCUT2D eigenvalue weighted by Crippen LogP contribution is 2.24. The third kappa shape index (κ3) is 4.50. The summed E-state index contributed by atoms with van der Waals surface area (Å²) in [7, 11) is -3.28. The van der Waals surface area contributed by atoms with E-state index in [4.69, 9.17) is 0 Å². The summed E-state index contributed by atoms with van der Waals surface area (Å²) in [4.78, 5) is 11.7. The highest BCUT2D eigenvalue weighted by atomic mass is 32.2. The molecule has 1 atom stereocenters. The van der Waals surface area contributed by atoms with Gasteiger partial charge in [-0.25, -0.2) is 17.2 Å². The van der Waals surface area contributed by atoms with Crippen LogP contribution in [0.1, 0.15) is 23.0 Å². The van der Waals surface area contributed by atoms with Crippen molar-refractivity contribution in [3.63, 3.8) is 0 Å². The van der Waals surface area contributed by atoms with E-state index in [1.165, 1.54) is 18.7 Å². The normalized spacial score (nSPS) is 13.4. The third-order valence-electron chi connectivity index (χ3n) is 3.91. The lowest BCUT2D eigenvalue weighted by atomic mass is 10.2. The first kappa shape index (κ1) is 21.8. The summed E-state index contributed by atoms with van der Waals surface area (Å²) in [6.45, 7) is 1.80. The molecule has 1 aromatic heterocycles. The fourth-order valence-corrected chi connectivity index (χ4v) is 3.52. The number of anilines is 1. The maximum atomic E-state index is 14.0. The average molecular weight is 425 g/mol. The van der Waals surface area contributed by atoms with Gasteiger partial charge in [-0.15, -0.1) is 0 Å². The van der Waals surface area contributed by atoms with Crippen LogP contribution in [0.15, 0.2) is 29.3 Å². The molecule has 0 aliphatic rings. The summed E-state index contributed by atoms with van der Waals surface area (Å²) in [6.07, 6.45) is -3.85. The molecule has 0 aliphatic carbocycles. The lowest BCUT2D eigenvalue weighted by Crippen LogP contribution is -2.42. The Labute approximate surface area is 157 Å². The van der Waals surface area contributed by atoms with Gasteiger partial charge in [0.25, 0.3) is 5.91 Å². The number of sulfonamides is 1. The second kappa shape index (κ2) is 7.51. The fraction of sp³-hybridized carbons (Fsp3) is 0.312. The number of aryl methyl sites for hydroxylation is 1. The van der Waals surface area contributed by atoms with Crippen LogP contribution in [-0.2, 0) is 17.1 Å². The number of hydrogen-bond acceptors (Lipinski definition) is 3. The van der Waals surface area contributed by atoms with Crippen molar-refractivity contribution >= 4 is 21.6 Å². The number of amides is 1. The van der Waals surface area contributed by atoms with Crippen molar-refractivity contribution < 1.29 is 35.2 Å². The van der Waals surface area contributed by atoms with Crippen LogP contribution in [0.3, 0.4) is 0 Å². The highest BCUT2D eigenvalue weighted by Gasteiger charge is 2.39. The highest BCUT2D eigenvalue weighted by molar-refractivity contribution is 7.89. The minimum absolute atomic E-state index is 0.263. The maximum Gasteiger partial charge on any atom is 0.404 e. The smallest absolute Gasteiger partial charge is 0.345 e. The van der Waals surface area contributed by atoms with E-state index >= 15 is 0 Å². The minimum atomic E-state index is -4.79. The first-order valence-corrected chi connectivity index (χ1v) is 9.23.